The van der Waals surface area contributed by atoms with Crippen LogP contribution in [0.25, 0.3) is 0 Å². The van der Waals surface area contributed by atoms with E-state index in [0.29, 0.717) is 0 Å². The van der Waals surface area contributed by atoms with Gasteiger partial charge in [-0.2, -0.15) is 0 Å². The Morgan fingerprint density at radius 2 is 2.36 bits per heavy atom. The van der Waals surface area contributed by atoms with Crippen molar-refractivity contribution in [2.24, 2.45) is 5.73 Å². The lowest BCUT2D eigenvalue weighted by atomic mass is 9.88. The fourth-order valence-corrected chi connectivity index (χ4v) is 2.81. The Bertz CT molecular complexity index is 322. The van der Waals surface area contributed by atoms with Crippen molar-refractivity contribution in [3.8, 4) is 0 Å². The molecule has 2 N–H and O–H groups in total. The van der Waals surface area contributed by atoms with Gasteiger partial charge in [0.2, 0.25) is 0 Å². The Labute approximate surface area is 90.1 Å². The van der Waals surface area contributed by atoms with Crippen molar-refractivity contribution in [2.45, 2.75) is 37.1 Å². The molecule has 76 valence electrons. The third-order valence-corrected chi connectivity index (χ3v) is 3.66. The van der Waals surface area contributed by atoms with Crippen LogP contribution < -0.4 is 5.73 Å². The first-order valence-corrected chi connectivity index (χ1v) is 6.31. The molecule has 2 heteroatoms. The quantitative estimate of drug-likeness (QED) is 0.754. The van der Waals surface area contributed by atoms with E-state index in [1.54, 1.807) is 0 Å². The zero-order chi connectivity index (χ0) is 9.97. The van der Waals surface area contributed by atoms with Gasteiger partial charge in [-0.15, -0.1) is 11.8 Å². The van der Waals surface area contributed by atoms with E-state index in [9.17, 15) is 0 Å². The Morgan fingerprint density at radius 3 is 3.14 bits per heavy atom. The highest BCUT2D eigenvalue weighted by Crippen LogP contribution is 2.31. The van der Waals surface area contributed by atoms with Crippen LogP contribution >= 0.6 is 11.8 Å². The summed E-state index contributed by atoms with van der Waals surface area (Å²) in [5.41, 5.74) is 8.91. The third kappa shape index (κ3) is 1.96. The van der Waals surface area contributed by atoms with Gasteiger partial charge in [0.15, 0.2) is 0 Å². The fourth-order valence-electron chi connectivity index (χ4n) is 2.08. The Morgan fingerprint density at radius 1 is 1.50 bits per heavy atom. The first-order valence-electron chi connectivity index (χ1n) is 5.32. The molecule has 0 aliphatic heterocycles. The Kier molecular flexibility index (Phi) is 3.14. The highest BCUT2D eigenvalue weighted by Gasteiger charge is 2.16. The topological polar surface area (TPSA) is 26.0 Å². The summed E-state index contributed by atoms with van der Waals surface area (Å²) < 4.78 is 0. The number of fused-ring (bicyclic) bond motifs is 1. The number of hydrogen-bond donors (Lipinski definition) is 1. The van der Waals surface area contributed by atoms with E-state index in [1.807, 2.05) is 11.8 Å². The van der Waals surface area contributed by atoms with Crippen molar-refractivity contribution in [1.29, 1.82) is 0 Å². The van der Waals surface area contributed by atoms with Crippen molar-refractivity contribution < 1.29 is 0 Å². The molecule has 0 radical (unpaired) electrons. The monoisotopic (exact) mass is 207 g/mol. The molecule has 0 bridgehead atoms. The second-order valence-electron chi connectivity index (χ2n) is 3.79. The molecule has 0 fully saturated rings. The van der Waals surface area contributed by atoms with Crippen LogP contribution in [-0.2, 0) is 6.42 Å². The number of nitrogens with two attached hydrogens (primary N) is 1. The van der Waals surface area contributed by atoms with E-state index in [4.69, 9.17) is 5.73 Å². The van der Waals surface area contributed by atoms with Crippen LogP contribution in [0.1, 0.15) is 36.9 Å². The van der Waals surface area contributed by atoms with Crippen LogP contribution in [0.2, 0.25) is 0 Å². The lowest BCUT2D eigenvalue weighted by Crippen LogP contribution is -2.17. The minimum Gasteiger partial charge on any atom is -0.324 e. The number of rotatable bonds is 2. The molecule has 0 saturated carbocycles. The molecule has 14 heavy (non-hydrogen) atoms. The minimum atomic E-state index is 0.277. The Balaban J connectivity index is 2.29. The molecular weight excluding hydrogens is 190 g/mol. The molecule has 0 amide bonds. The van der Waals surface area contributed by atoms with E-state index in [1.165, 1.54) is 28.9 Å². The van der Waals surface area contributed by atoms with Gasteiger partial charge in [-0.05, 0) is 48.3 Å². The first kappa shape index (κ1) is 10.1. The molecule has 1 aromatic carbocycles. The number of aryl methyl sites for hydroxylation is 1. The largest absolute Gasteiger partial charge is 0.324 e. The van der Waals surface area contributed by atoms with Crippen LogP contribution in [0.3, 0.4) is 0 Å². The van der Waals surface area contributed by atoms with E-state index in [2.05, 4.69) is 25.1 Å². The van der Waals surface area contributed by atoms with E-state index < -0.39 is 0 Å². The lowest BCUT2D eigenvalue weighted by Gasteiger charge is -2.22. The first-order chi connectivity index (χ1) is 6.81. The zero-order valence-electron chi connectivity index (χ0n) is 8.62. The maximum Gasteiger partial charge on any atom is 0.0297 e. The fraction of sp³-hybridized carbons (Fsp3) is 0.500. The van der Waals surface area contributed by atoms with Gasteiger partial charge in [-0.1, -0.05) is 13.0 Å². The SMILES string of the molecule is CCSc1ccc2c(c1)CCC[C@@H]2N. The molecule has 1 aliphatic carbocycles. The van der Waals surface area contributed by atoms with Gasteiger partial charge in [0.05, 0.1) is 0 Å². The van der Waals surface area contributed by atoms with Gasteiger partial charge in [-0.25, -0.2) is 0 Å². The van der Waals surface area contributed by atoms with Crippen LogP contribution in [-0.4, -0.2) is 5.75 Å². The minimum absolute atomic E-state index is 0.277. The van der Waals surface area contributed by atoms with Crippen molar-refractivity contribution >= 4 is 11.8 Å². The number of thioether (sulfide) groups is 1. The normalized spacial score (nSPS) is 20.6. The lowest BCUT2D eigenvalue weighted by molar-refractivity contribution is 0.569. The predicted octanol–water partition coefficient (Wildman–Crippen LogP) is 3.13. The average Bonchev–Trinajstić information content (AvgIpc) is 2.18. The molecule has 0 heterocycles. The molecule has 1 aliphatic rings. The summed E-state index contributed by atoms with van der Waals surface area (Å²) in [4.78, 5) is 1.39. The van der Waals surface area contributed by atoms with E-state index in [-0.39, 0.29) is 6.04 Å². The van der Waals surface area contributed by atoms with Crippen LogP contribution in [0.4, 0.5) is 0 Å². The molecule has 0 unspecified atom stereocenters. The van der Waals surface area contributed by atoms with Crippen LogP contribution in [0.15, 0.2) is 23.1 Å². The van der Waals surface area contributed by atoms with Crippen molar-refractivity contribution in [2.75, 3.05) is 5.75 Å². The van der Waals surface area contributed by atoms with Gasteiger partial charge >= 0.3 is 0 Å². The predicted molar refractivity (Wildman–Crippen MR) is 62.7 cm³/mol. The summed E-state index contributed by atoms with van der Waals surface area (Å²) in [6, 6.07) is 7.03. The van der Waals surface area contributed by atoms with Crippen molar-refractivity contribution in [1.82, 2.24) is 0 Å². The highest BCUT2D eigenvalue weighted by molar-refractivity contribution is 7.99. The van der Waals surface area contributed by atoms with Crippen LogP contribution in [0, 0.1) is 0 Å². The summed E-state index contributed by atoms with van der Waals surface area (Å²) >= 11 is 1.91. The van der Waals surface area contributed by atoms with Gasteiger partial charge in [0.1, 0.15) is 0 Å². The summed E-state index contributed by atoms with van der Waals surface area (Å²) in [5, 5.41) is 0. The molecule has 1 aromatic rings. The average molecular weight is 207 g/mol. The van der Waals surface area contributed by atoms with Gasteiger partial charge < -0.3 is 5.73 Å². The summed E-state index contributed by atoms with van der Waals surface area (Å²) in [5.74, 6) is 1.14. The summed E-state index contributed by atoms with van der Waals surface area (Å²) in [6.07, 6.45) is 3.60. The molecular formula is C12H17NS. The van der Waals surface area contributed by atoms with Crippen LogP contribution in [0.5, 0.6) is 0 Å². The van der Waals surface area contributed by atoms with Gasteiger partial charge in [0.25, 0.3) is 0 Å². The molecule has 2 rings (SSSR count). The number of hydrogen-bond acceptors (Lipinski definition) is 2. The van der Waals surface area contributed by atoms with Crippen molar-refractivity contribution in [3.05, 3.63) is 29.3 Å². The highest BCUT2D eigenvalue weighted by atomic mass is 32.2. The maximum atomic E-state index is 6.06. The van der Waals surface area contributed by atoms with E-state index >= 15 is 0 Å². The van der Waals surface area contributed by atoms with Gasteiger partial charge in [-0.3, -0.25) is 0 Å². The second kappa shape index (κ2) is 4.37. The number of benzene rings is 1. The van der Waals surface area contributed by atoms with E-state index in [0.717, 1.165) is 12.2 Å². The van der Waals surface area contributed by atoms with Crippen molar-refractivity contribution in [3.63, 3.8) is 0 Å². The zero-order valence-corrected chi connectivity index (χ0v) is 9.44. The maximum absolute atomic E-state index is 6.06. The molecule has 1 nitrogen and oxygen atoms in total. The summed E-state index contributed by atoms with van der Waals surface area (Å²) in [6.45, 7) is 2.19. The Hall–Kier alpha value is -0.470. The van der Waals surface area contributed by atoms with Gasteiger partial charge in [0, 0.05) is 10.9 Å². The summed E-state index contributed by atoms with van der Waals surface area (Å²) in [7, 11) is 0. The second-order valence-corrected chi connectivity index (χ2v) is 5.13. The molecule has 0 spiro atoms. The molecule has 0 aromatic heterocycles. The standard InChI is InChI=1S/C12H17NS/c1-2-14-10-6-7-11-9(8-10)4-3-5-12(11)13/h6-8,12H,2-5,13H2,1H3/t12-/m0/s1. The smallest absolute Gasteiger partial charge is 0.0297 e. The molecule has 0 saturated heterocycles. The molecule has 1 atom stereocenters. The third-order valence-electron chi connectivity index (χ3n) is 2.79.